The van der Waals surface area contributed by atoms with E-state index in [1.165, 1.54) is 6.07 Å². The lowest BCUT2D eigenvalue weighted by Gasteiger charge is -2.09. The number of hydrogen-bond acceptors (Lipinski definition) is 4. The van der Waals surface area contributed by atoms with Gasteiger partial charge in [-0.05, 0) is 36.8 Å². The molecule has 0 aliphatic heterocycles. The molecule has 0 aromatic heterocycles. The Morgan fingerprint density at radius 3 is 2.62 bits per heavy atom. The summed E-state index contributed by atoms with van der Waals surface area (Å²) in [6, 6.07) is 11.8. The summed E-state index contributed by atoms with van der Waals surface area (Å²) in [4.78, 5) is 10.5. The van der Waals surface area contributed by atoms with Crippen LogP contribution in [0, 0.1) is 17.0 Å². The molecule has 0 saturated carbocycles. The SMILES string of the molecule is Cc1ccc(OCCOc2cccc(Cl)c2)c([N+](=O)[O-])c1. The number of benzene rings is 2. The molecular weight excluding hydrogens is 294 g/mol. The monoisotopic (exact) mass is 307 g/mol. The van der Waals surface area contributed by atoms with Crippen LogP contribution in [0.15, 0.2) is 42.5 Å². The third kappa shape index (κ3) is 4.36. The second-order valence-electron chi connectivity index (χ2n) is 4.38. The van der Waals surface area contributed by atoms with E-state index in [-0.39, 0.29) is 24.7 Å². The van der Waals surface area contributed by atoms with Gasteiger partial charge in [0.2, 0.25) is 0 Å². The number of aryl methyl sites for hydroxylation is 1. The van der Waals surface area contributed by atoms with E-state index in [1.807, 2.05) is 0 Å². The minimum atomic E-state index is -0.458. The van der Waals surface area contributed by atoms with Gasteiger partial charge in [-0.1, -0.05) is 23.7 Å². The van der Waals surface area contributed by atoms with Crippen LogP contribution in [-0.2, 0) is 0 Å². The summed E-state index contributed by atoms with van der Waals surface area (Å²) in [5.74, 6) is 0.866. The number of halogens is 1. The Kier molecular flexibility index (Phi) is 5.00. The van der Waals surface area contributed by atoms with Crippen LogP contribution in [0.5, 0.6) is 11.5 Å². The molecule has 2 aromatic rings. The maximum Gasteiger partial charge on any atom is 0.311 e. The quantitative estimate of drug-likeness (QED) is 0.459. The van der Waals surface area contributed by atoms with Gasteiger partial charge >= 0.3 is 5.69 Å². The lowest BCUT2D eigenvalue weighted by Crippen LogP contribution is -2.10. The first-order valence-corrected chi connectivity index (χ1v) is 6.70. The van der Waals surface area contributed by atoms with E-state index in [9.17, 15) is 10.1 Å². The molecule has 5 nitrogen and oxygen atoms in total. The summed E-state index contributed by atoms with van der Waals surface area (Å²) in [7, 11) is 0. The van der Waals surface area contributed by atoms with E-state index < -0.39 is 4.92 Å². The molecule has 0 radical (unpaired) electrons. The van der Waals surface area contributed by atoms with Crippen molar-refractivity contribution < 1.29 is 14.4 Å². The van der Waals surface area contributed by atoms with Crippen molar-refractivity contribution in [3.63, 3.8) is 0 Å². The third-order valence-corrected chi connectivity index (χ3v) is 2.95. The molecule has 0 heterocycles. The van der Waals surface area contributed by atoms with Gasteiger partial charge < -0.3 is 9.47 Å². The van der Waals surface area contributed by atoms with E-state index in [2.05, 4.69) is 0 Å². The average Bonchev–Trinajstić information content (AvgIpc) is 2.44. The van der Waals surface area contributed by atoms with Gasteiger partial charge in [-0.15, -0.1) is 0 Å². The third-order valence-electron chi connectivity index (χ3n) is 2.72. The van der Waals surface area contributed by atoms with Crippen LogP contribution in [0.3, 0.4) is 0 Å². The van der Waals surface area contributed by atoms with Crippen LogP contribution in [0.4, 0.5) is 5.69 Å². The van der Waals surface area contributed by atoms with Crippen molar-refractivity contribution in [2.24, 2.45) is 0 Å². The van der Waals surface area contributed by atoms with Gasteiger partial charge in [0.25, 0.3) is 0 Å². The van der Waals surface area contributed by atoms with Gasteiger partial charge in [0.1, 0.15) is 19.0 Å². The maximum atomic E-state index is 10.9. The molecule has 0 saturated heterocycles. The number of rotatable bonds is 6. The lowest BCUT2D eigenvalue weighted by molar-refractivity contribution is -0.385. The fourth-order valence-corrected chi connectivity index (χ4v) is 1.94. The molecule has 0 amide bonds. The molecule has 21 heavy (non-hydrogen) atoms. The van der Waals surface area contributed by atoms with Crippen LogP contribution in [0.25, 0.3) is 0 Å². The van der Waals surface area contributed by atoms with E-state index in [4.69, 9.17) is 21.1 Å². The normalized spacial score (nSPS) is 10.2. The fourth-order valence-electron chi connectivity index (χ4n) is 1.76. The Bertz CT molecular complexity index is 645. The van der Waals surface area contributed by atoms with Crippen LogP contribution < -0.4 is 9.47 Å². The molecule has 0 N–H and O–H groups in total. The van der Waals surface area contributed by atoms with Crippen LogP contribution >= 0.6 is 11.6 Å². The molecule has 110 valence electrons. The Labute approximate surface area is 127 Å². The fraction of sp³-hybridized carbons (Fsp3) is 0.200. The number of nitro groups is 1. The van der Waals surface area contributed by atoms with E-state index >= 15 is 0 Å². The first kappa shape index (κ1) is 15.1. The van der Waals surface area contributed by atoms with Gasteiger partial charge in [-0.2, -0.15) is 0 Å². The predicted octanol–water partition coefficient (Wildman–Crippen LogP) is 4.01. The predicted molar refractivity (Wildman–Crippen MR) is 80.3 cm³/mol. The highest BCUT2D eigenvalue weighted by atomic mass is 35.5. The zero-order valence-electron chi connectivity index (χ0n) is 11.4. The molecule has 0 unspecified atom stereocenters. The molecule has 0 fully saturated rings. The average molecular weight is 308 g/mol. The van der Waals surface area contributed by atoms with Crippen LogP contribution in [0.2, 0.25) is 5.02 Å². The Hall–Kier alpha value is -2.27. The maximum absolute atomic E-state index is 10.9. The van der Waals surface area contributed by atoms with Crippen molar-refractivity contribution in [1.82, 2.24) is 0 Å². The summed E-state index contributed by atoms with van der Waals surface area (Å²) in [6.45, 7) is 2.26. The first-order chi connectivity index (χ1) is 10.1. The molecule has 2 aromatic carbocycles. The minimum Gasteiger partial charge on any atom is -0.490 e. The van der Waals surface area contributed by atoms with Crippen molar-refractivity contribution in [1.29, 1.82) is 0 Å². The van der Waals surface area contributed by atoms with E-state index in [0.717, 1.165) is 5.56 Å². The molecule has 6 heteroatoms. The second kappa shape index (κ2) is 6.95. The zero-order valence-corrected chi connectivity index (χ0v) is 12.2. The lowest BCUT2D eigenvalue weighted by atomic mass is 10.2. The molecule has 0 aliphatic carbocycles. The molecular formula is C15H14ClNO4. The molecule has 0 bridgehead atoms. The van der Waals surface area contributed by atoms with E-state index in [1.54, 1.807) is 43.3 Å². The van der Waals surface area contributed by atoms with Crippen molar-refractivity contribution in [2.75, 3.05) is 13.2 Å². The standard InChI is InChI=1S/C15H14ClNO4/c1-11-5-6-15(14(9-11)17(18)19)21-8-7-20-13-4-2-3-12(16)10-13/h2-6,9-10H,7-8H2,1H3. The van der Waals surface area contributed by atoms with Crippen molar-refractivity contribution in [2.45, 2.75) is 6.92 Å². The van der Waals surface area contributed by atoms with Gasteiger partial charge in [0.15, 0.2) is 5.75 Å². The van der Waals surface area contributed by atoms with Gasteiger partial charge in [0.05, 0.1) is 4.92 Å². The number of hydrogen-bond donors (Lipinski definition) is 0. The second-order valence-corrected chi connectivity index (χ2v) is 4.82. The smallest absolute Gasteiger partial charge is 0.311 e. The number of nitro benzene ring substituents is 1. The highest BCUT2D eigenvalue weighted by Gasteiger charge is 2.14. The Morgan fingerprint density at radius 1 is 1.14 bits per heavy atom. The van der Waals surface area contributed by atoms with Crippen molar-refractivity contribution in [3.05, 3.63) is 63.2 Å². The Balaban J connectivity index is 1.90. The van der Waals surface area contributed by atoms with Gasteiger partial charge in [-0.25, -0.2) is 0 Å². The summed E-state index contributed by atoms with van der Waals surface area (Å²) < 4.78 is 10.9. The highest BCUT2D eigenvalue weighted by Crippen LogP contribution is 2.27. The molecule has 2 rings (SSSR count). The summed E-state index contributed by atoms with van der Waals surface area (Å²) in [5.41, 5.74) is 0.766. The van der Waals surface area contributed by atoms with Crippen LogP contribution in [-0.4, -0.2) is 18.1 Å². The largest absolute Gasteiger partial charge is 0.490 e. The highest BCUT2D eigenvalue weighted by molar-refractivity contribution is 6.30. The number of ether oxygens (including phenoxy) is 2. The zero-order chi connectivity index (χ0) is 15.2. The molecule has 0 atom stereocenters. The Morgan fingerprint density at radius 2 is 1.90 bits per heavy atom. The van der Waals surface area contributed by atoms with Crippen molar-refractivity contribution >= 4 is 17.3 Å². The molecule has 0 spiro atoms. The minimum absolute atomic E-state index is 0.0437. The topological polar surface area (TPSA) is 61.6 Å². The van der Waals surface area contributed by atoms with E-state index in [0.29, 0.717) is 10.8 Å². The van der Waals surface area contributed by atoms with Gasteiger partial charge in [0, 0.05) is 11.1 Å². The summed E-state index contributed by atoms with van der Waals surface area (Å²) in [6.07, 6.45) is 0. The van der Waals surface area contributed by atoms with Gasteiger partial charge in [-0.3, -0.25) is 10.1 Å². The summed E-state index contributed by atoms with van der Waals surface area (Å²) >= 11 is 5.84. The van der Waals surface area contributed by atoms with Crippen LogP contribution in [0.1, 0.15) is 5.56 Å². The number of nitrogens with zero attached hydrogens (tertiary/aromatic N) is 1. The molecule has 0 aliphatic rings. The summed E-state index contributed by atoms with van der Waals surface area (Å²) in [5, 5.41) is 11.5. The van der Waals surface area contributed by atoms with Crippen molar-refractivity contribution in [3.8, 4) is 11.5 Å². The first-order valence-electron chi connectivity index (χ1n) is 6.32.